The highest BCUT2D eigenvalue weighted by molar-refractivity contribution is 7.89. The Balaban J connectivity index is 2.95. The molecule has 0 amide bonds. The molecule has 0 aliphatic carbocycles. The highest BCUT2D eigenvalue weighted by atomic mass is 32.2. The van der Waals surface area contributed by atoms with Crippen molar-refractivity contribution < 1.29 is 13.2 Å². The van der Waals surface area contributed by atoms with Crippen molar-refractivity contribution in [3.05, 3.63) is 29.8 Å². The van der Waals surface area contributed by atoms with Gasteiger partial charge in [0.15, 0.2) is 6.29 Å². The van der Waals surface area contributed by atoms with Crippen LogP contribution in [0.2, 0.25) is 0 Å². The maximum atomic E-state index is 11.6. The number of hydrogen-bond acceptors (Lipinski definition) is 4. The first kappa shape index (κ1) is 12.4. The summed E-state index contributed by atoms with van der Waals surface area (Å²) in [7, 11) is -3.68. The first-order chi connectivity index (χ1) is 7.45. The van der Waals surface area contributed by atoms with Crippen molar-refractivity contribution in [2.75, 3.05) is 0 Å². The number of aldehydes is 1. The summed E-state index contributed by atoms with van der Waals surface area (Å²) < 4.78 is 23.3. The number of benzene rings is 1. The summed E-state index contributed by atoms with van der Waals surface area (Å²) in [6, 6.07) is 6.32. The Morgan fingerprint density at radius 1 is 1.31 bits per heavy atom. The van der Waals surface area contributed by atoms with Crippen molar-refractivity contribution >= 4 is 22.0 Å². The molecular formula is C10H12N2O3S. The van der Waals surface area contributed by atoms with Gasteiger partial charge in [0, 0.05) is 0 Å². The zero-order valence-corrected chi connectivity index (χ0v) is 9.78. The molecule has 5 nitrogen and oxygen atoms in total. The van der Waals surface area contributed by atoms with Crippen LogP contribution >= 0.6 is 0 Å². The maximum Gasteiger partial charge on any atom is 0.276 e. The molecule has 0 spiro atoms. The second-order valence-electron chi connectivity index (χ2n) is 3.28. The average Bonchev–Trinajstić information content (AvgIpc) is 2.26. The van der Waals surface area contributed by atoms with Gasteiger partial charge >= 0.3 is 0 Å². The van der Waals surface area contributed by atoms with E-state index in [4.69, 9.17) is 0 Å². The molecule has 0 aromatic heterocycles. The van der Waals surface area contributed by atoms with Crippen molar-refractivity contribution in [3.63, 3.8) is 0 Å². The van der Waals surface area contributed by atoms with E-state index in [0.29, 0.717) is 6.29 Å². The summed E-state index contributed by atoms with van der Waals surface area (Å²) >= 11 is 0. The third kappa shape index (κ3) is 3.16. The zero-order valence-electron chi connectivity index (χ0n) is 8.97. The van der Waals surface area contributed by atoms with Crippen molar-refractivity contribution in [2.45, 2.75) is 18.7 Å². The van der Waals surface area contributed by atoms with E-state index in [2.05, 4.69) is 5.10 Å². The lowest BCUT2D eigenvalue weighted by atomic mass is 10.2. The summed E-state index contributed by atoms with van der Waals surface area (Å²) in [5, 5.41) is 3.42. The first-order valence-electron chi connectivity index (χ1n) is 4.53. The maximum absolute atomic E-state index is 11.6. The van der Waals surface area contributed by atoms with Crippen LogP contribution in [0.3, 0.4) is 0 Å². The Bertz CT molecular complexity index is 503. The van der Waals surface area contributed by atoms with E-state index in [0.717, 1.165) is 5.56 Å². The van der Waals surface area contributed by atoms with E-state index in [-0.39, 0.29) is 10.6 Å². The van der Waals surface area contributed by atoms with E-state index in [1.807, 2.05) is 11.8 Å². The van der Waals surface area contributed by atoms with Crippen LogP contribution in [0.5, 0.6) is 0 Å². The summed E-state index contributed by atoms with van der Waals surface area (Å²) in [4.78, 5) is 12.3. The van der Waals surface area contributed by atoms with Crippen LogP contribution < -0.4 is 4.83 Å². The Morgan fingerprint density at radius 3 is 2.38 bits per heavy atom. The fourth-order valence-corrected chi connectivity index (χ4v) is 1.79. The molecule has 0 aliphatic heterocycles. The molecule has 16 heavy (non-hydrogen) atoms. The molecule has 0 unspecified atom stereocenters. The first-order valence-corrected chi connectivity index (χ1v) is 6.02. The minimum absolute atomic E-state index is 0.0655. The van der Waals surface area contributed by atoms with Crippen LogP contribution in [0.15, 0.2) is 34.3 Å². The minimum atomic E-state index is -3.68. The van der Waals surface area contributed by atoms with Crippen LogP contribution in [-0.2, 0) is 14.8 Å². The van der Waals surface area contributed by atoms with Crippen LogP contribution in [0.1, 0.15) is 12.5 Å². The van der Waals surface area contributed by atoms with E-state index in [1.54, 1.807) is 12.1 Å². The van der Waals surface area contributed by atoms with E-state index >= 15 is 0 Å². The molecule has 86 valence electrons. The molecule has 0 saturated carbocycles. The van der Waals surface area contributed by atoms with Crippen molar-refractivity contribution in [3.8, 4) is 0 Å². The summed E-state index contributed by atoms with van der Waals surface area (Å²) in [5.74, 6) is 0. The topological polar surface area (TPSA) is 75.6 Å². The number of sulfonamides is 1. The molecule has 0 bridgehead atoms. The summed E-state index contributed by atoms with van der Waals surface area (Å²) in [6.45, 7) is 3.27. The largest absolute Gasteiger partial charge is 0.296 e. The highest BCUT2D eigenvalue weighted by Crippen LogP contribution is 2.09. The van der Waals surface area contributed by atoms with Crippen molar-refractivity contribution in [1.82, 2.24) is 4.83 Å². The Morgan fingerprint density at radius 2 is 1.88 bits per heavy atom. The molecule has 1 N–H and O–H groups in total. The number of rotatable bonds is 4. The van der Waals surface area contributed by atoms with E-state index in [9.17, 15) is 13.2 Å². The molecule has 0 heterocycles. The molecule has 0 atom stereocenters. The fraction of sp³-hybridized carbons (Fsp3) is 0.200. The lowest BCUT2D eigenvalue weighted by Gasteiger charge is -2.03. The molecule has 0 fully saturated rings. The molecular weight excluding hydrogens is 228 g/mol. The monoisotopic (exact) mass is 240 g/mol. The number of nitrogens with one attached hydrogen (secondary N) is 1. The van der Waals surface area contributed by atoms with Gasteiger partial charge in [0.05, 0.1) is 10.6 Å². The van der Waals surface area contributed by atoms with E-state index < -0.39 is 10.0 Å². The number of carbonyl (C=O) groups is 1. The standard InChI is InChI=1S/C10H12N2O3S/c1-8-3-5-10(6-4-8)16(14,15)12-11-9(2)7-13/h3-7,12H,1-2H3/b11-9+. The number of nitrogens with zero attached hydrogens (tertiary/aromatic N) is 1. The number of hydrazone groups is 1. The predicted molar refractivity (Wildman–Crippen MR) is 60.7 cm³/mol. The van der Waals surface area contributed by atoms with Crippen molar-refractivity contribution in [1.29, 1.82) is 0 Å². The Kier molecular flexibility index (Phi) is 3.78. The van der Waals surface area contributed by atoms with Crippen molar-refractivity contribution in [2.24, 2.45) is 5.10 Å². The van der Waals surface area contributed by atoms with Gasteiger partial charge in [-0.1, -0.05) is 17.7 Å². The lowest BCUT2D eigenvalue weighted by molar-refractivity contribution is -0.102. The van der Waals surface area contributed by atoms with Crippen LogP contribution in [0.25, 0.3) is 0 Å². The number of carbonyl (C=O) groups excluding carboxylic acids is 1. The number of hydrogen-bond donors (Lipinski definition) is 1. The molecule has 1 rings (SSSR count). The molecule has 6 heteroatoms. The predicted octanol–water partition coefficient (Wildman–Crippen LogP) is 0.848. The van der Waals surface area contributed by atoms with Gasteiger partial charge in [-0.3, -0.25) is 4.79 Å². The quantitative estimate of drug-likeness (QED) is 0.481. The van der Waals surface area contributed by atoms with Gasteiger partial charge in [-0.2, -0.15) is 18.4 Å². The Hall–Kier alpha value is -1.69. The smallest absolute Gasteiger partial charge is 0.276 e. The van der Waals surface area contributed by atoms with Gasteiger partial charge in [0.1, 0.15) is 0 Å². The normalized spacial score (nSPS) is 12.2. The third-order valence-corrected chi connectivity index (χ3v) is 3.07. The van der Waals surface area contributed by atoms with Crippen LogP contribution in [0.4, 0.5) is 0 Å². The Labute approximate surface area is 94.2 Å². The minimum Gasteiger partial charge on any atom is -0.296 e. The van der Waals surface area contributed by atoms with E-state index in [1.165, 1.54) is 19.1 Å². The lowest BCUT2D eigenvalue weighted by Crippen LogP contribution is -2.19. The van der Waals surface area contributed by atoms with Gasteiger partial charge < -0.3 is 0 Å². The summed E-state index contributed by atoms with van der Waals surface area (Å²) in [5.41, 5.74) is 1.03. The SMILES string of the molecule is C/C(C=O)=N\NS(=O)(=O)c1ccc(C)cc1. The second-order valence-corrected chi connectivity index (χ2v) is 4.94. The van der Waals surface area contributed by atoms with Gasteiger partial charge in [-0.05, 0) is 26.0 Å². The molecule has 1 aromatic rings. The fourth-order valence-electron chi connectivity index (χ4n) is 0.929. The highest BCUT2D eigenvalue weighted by Gasteiger charge is 2.11. The van der Waals surface area contributed by atoms with Gasteiger partial charge in [-0.15, -0.1) is 0 Å². The number of aryl methyl sites for hydroxylation is 1. The van der Waals surface area contributed by atoms with Crippen LogP contribution in [0, 0.1) is 6.92 Å². The average molecular weight is 240 g/mol. The third-order valence-electron chi connectivity index (χ3n) is 1.84. The summed E-state index contributed by atoms with van der Waals surface area (Å²) in [6.07, 6.45) is 0.470. The second kappa shape index (κ2) is 4.89. The molecule has 0 aliphatic rings. The van der Waals surface area contributed by atoms with Gasteiger partial charge in [0.25, 0.3) is 10.0 Å². The zero-order chi connectivity index (χ0) is 12.2. The van der Waals surface area contributed by atoms with Crippen LogP contribution in [-0.4, -0.2) is 20.4 Å². The van der Waals surface area contributed by atoms with Gasteiger partial charge in [0.2, 0.25) is 0 Å². The van der Waals surface area contributed by atoms with Gasteiger partial charge in [-0.25, -0.2) is 0 Å². The molecule has 0 saturated heterocycles. The molecule has 1 aromatic carbocycles. The molecule has 0 radical (unpaired) electrons.